The van der Waals surface area contributed by atoms with E-state index in [9.17, 15) is 14.4 Å². The van der Waals surface area contributed by atoms with Gasteiger partial charge in [-0.1, -0.05) is 0 Å². The van der Waals surface area contributed by atoms with Crippen LogP contribution in [0.4, 0.5) is 0 Å². The van der Waals surface area contributed by atoms with Crippen molar-refractivity contribution < 1.29 is 23.9 Å². The first-order valence-corrected chi connectivity index (χ1v) is 10.4. The van der Waals surface area contributed by atoms with Gasteiger partial charge in [-0.05, 0) is 31.0 Å². The predicted octanol–water partition coefficient (Wildman–Crippen LogP) is 1.20. The van der Waals surface area contributed by atoms with Crippen molar-refractivity contribution in [3.63, 3.8) is 0 Å². The van der Waals surface area contributed by atoms with Gasteiger partial charge in [-0.25, -0.2) is 4.98 Å². The van der Waals surface area contributed by atoms with E-state index < -0.39 is 11.9 Å². The Morgan fingerprint density at radius 3 is 2.83 bits per heavy atom. The van der Waals surface area contributed by atoms with E-state index in [-0.39, 0.29) is 18.4 Å². The summed E-state index contributed by atoms with van der Waals surface area (Å²) in [5.41, 5.74) is 2.87. The second-order valence-corrected chi connectivity index (χ2v) is 7.39. The van der Waals surface area contributed by atoms with Crippen LogP contribution in [0.15, 0.2) is 29.1 Å². The number of ether oxygens (including phenoxy) is 2. The summed E-state index contributed by atoms with van der Waals surface area (Å²) < 4.78 is 11.0. The number of nitrogens with one attached hydrogen (secondary N) is 2. The summed E-state index contributed by atoms with van der Waals surface area (Å²) in [6.07, 6.45) is 1.39. The standard InChI is InChI=1S/C20H24N4O5S/c1-21-20(27)15-4-3-7-24(15)18(25)9-22-19(26)13-5-6-16(17(8-13)28-2)29-10-14-11-30-12-23-14/h5-6,8,11-12,15H,3-4,7,9-10H2,1-2H3,(H,21,27)(H,22,26). The molecule has 0 spiro atoms. The van der Waals surface area contributed by atoms with Crippen LogP contribution < -0.4 is 20.1 Å². The van der Waals surface area contributed by atoms with Gasteiger partial charge in [0.15, 0.2) is 11.5 Å². The van der Waals surface area contributed by atoms with E-state index in [1.54, 1.807) is 30.8 Å². The third kappa shape index (κ3) is 5.07. The van der Waals surface area contributed by atoms with Crippen LogP contribution in [0.3, 0.4) is 0 Å². The van der Waals surface area contributed by atoms with Gasteiger partial charge >= 0.3 is 0 Å². The average Bonchev–Trinajstić information content (AvgIpc) is 3.47. The molecule has 2 heterocycles. The molecule has 0 saturated carbocycles. The Morgan fingerprint density at radius 2 is 2.13 bits per heavy atom. The molecule has 1 atom stereocenters. The summed E-state index contributed by atoms with van der Waals surface area (Å²) in [6.45, 7) is 0.616. The van der Waals surface area contributed by atoms with E-state index in [4.69, 9.17) is 9.47 Å². The second-order valence-electron chi connectivity index (χ2n) is 6.68. The average molecular weight is 433 g/mol. The summed E-state index contributed by atoms with van der Waals surface area (Å²) in [4.78, 5) is 42.5. The van der Waals surface area contributed by atoms with Crippen LogP contribution in [0.2, 0.25) is 0 Å². The normalized spacial score (nSPS) is 15.5. The number of likely N-dealkylation sites (N-methyl/N-ethyl adjacent to an activating group) is 1. The molecule has 160 valence electrons. The number of aromatic nitrogens is 1. The number of thiazole rings is 1. The molecular formula is C20H24N4O5S. The van der Waals surface area contributed by atoms with Gasteiger partial charge in [-0.2, -0.15) is 0 Å². The Morgan fingerprint density at radius 1 is 1.30 bits per heavy atom. The number of amides is 3. The third-order valence-electron chi connectivity index (χ3n) is 4.81. The van der Waals surface area contributed by atoms with E-state index in [1.807, 2.05) is 5.38 Å². The maximum atomic E-state index is 12.5. The van der Waals surface area contributed by atoms with Gasteiger partial charge in [0.25, 0.3) is 5.91 Å². The highest BCUT2D eigenvalue weighted by Crippen LogP contribution is 2.29. The summed E-state index contributed by atoms with van der Waals surface area (Å²) in [5, 5.41) is 7.07. The number of hydrogen-bond donors (Lipinski definition) is 2. The highest BCUT2D eigenvalue weighted by molar-refractivity contribution is 7.07. The lowest BCUT2D eigenvalue weighted by Gasteiger charge is -2.23. The Kier molecular flexibility index (Phi) is 7.23. The van der Waals surface area contributed by atoms with Gasteiger partial charge in [0.05, 0.1) is 24.9 Å². The fourth-order valence-electron chi connectivity index (χ4n) is 3.25. The molecule has 3 amide bonds. The summed E-state index contributed by atoms with van der Waals surface area (Å²) in [5.74, 6) is 0.00483. The van der Waals surface area contributed by atoms with Crippen molar-refractivity contribution in [2.45, 2.75) is 25.5 Å². The van der Waals surface area contributed by atoms with Gasteiger partial charge < -0.3 is 25.0 Å². The van der Waals surface area contributed by atoms with Gasteiger partial charge in [0, 0.05) is 24.5 Å². The smallest absolute Gasteiger partial charge is 0.251 e. The molecule has 3 rings (SSSR count). The first kappa shape index (κ1) is 21.6. The monoisotopic (exact) mass is 432 g/mol. The molecule has 2 aromatic rings. The zero-order valence-corrected chi connectivity index (χ0v) is 17.7. The number of carbonyl (C=O) groups excluding carboxylic acids is 3. The van der Waals surface area contributed by atoms with Gasteiger partial charge in [0.2, 0.25) is 11.8 Å². The molecule has 1 aromatic heterocycles. The first-order chi connectivity index (χ1) is 14.5. The fraction of sp³-hybridized carbons (Fsp3) is 0.400. The van der Waals surface area contributed by atoms with E-state index >= 15 is 0 Å². The van der Waals surface area contributed by atoms with Gasteiger partial charge in [-0.3, -0.25) is 14.4 Å². The molecule has 1 aromatic carbocycles. The number of methoxy groups -OCH3 is 1. The third-order valence-corrected chi connectivity index (χ3v) is 5.44. The Balaban J connectivity index is 1.58. The molecule has 1 fully saturated rings. The Hall–Kier alpha value is -3.14. The van der Waals surface area contributed by atoms with Crippen LogP contribution in [-0.2, 0) is 16.2 Å². The van der Waals surface area contributed by atoms with Gasteiger partial charge in [0.1, 0.15) is 12.6 Å². The number of carbonyl (C=O) groups is 3. The first-order valence-electron chi connectivity index (χ1n) is 9.50. The van der Waals surface area contributed by atoms with Crippen molar-refractivity contribution in [2.24, 2.45) is 0 Å². The molecule has 1 aliphatic heterocycles. The molecule has 0 radical (unpaired) electrons. The van der Waals surface area contributed by atoms with Crippen molar-refractivity contribution in [2.75, 3.05) is 27.2 Å². The van der Waals surface area contributed by atoms with Crippen LogP contribution in [0.1, 0.15) is 28.9 Å². The van der Waals surface area contributed by atoms with Crippen LogP contribution in [-0.4, -0.2) is 60.9 Å². The van der Waals surface area contributed by atoms with Crippen LogP contribution in [0.25, 0.3) is 0 Å². The highest BCUT2D eigenvalue weighted by atomic mass is 32.1. The van der Waals surface area contributed by atoms with E-state index in [2.05, 4.69) is 15.6 Å². The summed E-state index contributed by atoms with van der Waals surface area (Å²) in [7, 11) is 3.03. The molecule has 0 bridgehead atoms. The fourth-order valence-corrected chi connectivity index (χ4v) is 3.80. The molecule has 2 N–H and O–H groups in total. The van der Waals surface area contributed by atoms with E-state index in [0.717, 1.165) is 12.1 Å². The minimum Gasteiger partial charge on any atom is -0.493 e. The van der Waals surface area contributed by atoms with Crippen LogP contribution >= 0.6 is 11.3 Å². The molecule has 1 saturated heterocycles. The zero-order chi connectivity index (χ0) is 21.5. The molecular weight excluding hydrogens is 408 g/mol. The summed E-state index contributed by atoms with van der Waals surface area (Å²) >= 11 is 1.48. The number of likely N-dealkylation sites (tertiary alicyclic amines) is 1. The van der Waals surface area contributed by atoms with Crippen molar-refractivity contribution in [3.05, 3.63) is 40.3 Å². The Labute approximate surface area is 178 Å². The maximum absolute atomic E-state index is 12.5. The molecule has 9 nitrogen and oxygen atoms in total. The highest BCUT2D eigenvalue weighted by Gasteiger charge is 2.33. The van der Waals surface area contributed by atoms with Crippen LogP contribution in [0, 0.1) is 0 Å². The maximum Gasteiger partial charge on any atom is 0.251 e. The number of rotatable bonds is 8. The van der Waals surface area contributed by atoms with Crippen LogP contribution in [0.5, 0.6) is 11.5 Å². The second kappa shape index (κ2) is 10.1. The number of nitrogens with zero attached hydrogens (tertiary/aromatic N) is 2. The van der Waals surface area contributed by atoms with Crippen molar-refractivity contribution in [3.8, 4) is 11.5 Å². The summed E-state index contributed by atoms with van der Waals surface area (Å²) in [6, 6.07) is 4.32. The molecule has 1 unspecified atom stereocenters. The SMILES string of the molecule is CNC(=O)C1CCCN1C(=O)CNC(=O)c1ccc(OCc2cscn2)c(OC)c1. The van der Waals surface area contributed by atoms with Crippen molar-refractivity contribution >= 4 is 29.1 Å². The minimum atomic E-state index is -0.478. The molecule has 30 heavy (non-hydrogen) atoms. The quantitative estimate of drug-likeness (QED) is 0.649. The number of benzene rings is 1. The minimum absolute atomic E-state index is 0.184. The lowest BCUT2D eigenvalue weighted by molar-refractivity contribution is -0.137. The lowest BCUT2D eigenvalue weighted by Crippen LogP contribution is -2.48. The number of hydrogen-bond acceptors (Lipinski definition) is 7. The molecule has 10 heteroatoms. The van der Waals surface area contributed by atoms with E-state index in [1.165, 1.54) is 23.3 Å². The topological polar surface area (TPSA) is 110 Å². The Bertz CT molecular complexity index is 903. The van der Waals surface area contributed by atoms with Crippen molar-refractivity contribution in [1.82, 2.24) is 20.5 Å². The lowest BCUT2D eigenvalue weighted by atomic mass is 10.2. The van der Waals surface area contributed by atoms with E-state index in [0.29, 0.717) is 36.6 Å². The van der Waals surface area contributed by atoms with Crippen molar-refractivity contribution in [1.29, 1.82) is 0 Å². The zero-order valence-electron chi connectivity index (χ0n) is 16.8. The van der Waals surface area contributed by atoms with Gasteiger partial charge in [-0.15, -0.1) is 11.3 Å². The predicted molar refractivity (Wildman–Crippen MR) is 111 cm³/mol. The largest absolute Gasteiger partial charge is 0.493 e. The molecule has 0 aliphatic carbocycles. The molecule has 1 aliphatic rings.